The number of nitrogens with zero attached hydrogens (tertiary/aromatic N) is 2. The number of carbonyl (C=O) groups excluding carboxylic acids is 1. The molecular formula is C12H11BrClN5OS. The summed E-state index contributed by atoms with van der Waals surface area (Å²) in [6, 6.07) is 6.20. The number of carbonyl (C=O) groups is 1. The predicted octanol–water partition coefficient (Wildman–Crippen LogP) is 3.64. The van der Waals surface area contributed by atoms with E-state index in [1.165, 1.54) is 11.3 Å². The molecule has 0 aliphatic rings. The molecule has 4 N–H and O–H groups in total. The number of anilines is 1. The zero-order valence-corrected chi connectivity index (χ0v) is 14.0. The lowest BCUT2D eigenvalue weighted by Gasteiger charge is -2.06. The first-order chi connectivity index (χ1) is 9.94. The Kier molecular flexibility index (Phi) is 5.16. The van der Waals surface area contributed by atoms with Crippen LogP contribution in [0.3, 0.4) is 0 Å². The first-order valence-electron chi connectivity index (χ1n) is 5.74. The van der Waals surface area contributed by atoms with Crippen LogP contribution in [-0.2, 0) is 0 Å². The van der Waals surface area contributed by atoms with Crippen LogP contribution < -0.4 is 16.4 Å². The number of amides is 2. The van der Waals surface area contributed by atoms with Crippen molar-refractivity contribution < 1.29 is 4.79 Å². The summed E-state index contributed by atoms with van der Waals surface area (Å²) in [5, 5.41) is 6.07. The van der Waals surface area contributed by atoms with Crippen molar-refractivity contribution in [2.45, 2.75) is 6.92 Å². The molecule has 0 saturated heterocycles. The first kappa shape index (κ1) is 15.7. The molecule has 2 amide bonds. The standard InChI is InChI=1S/C12H11BrClN5OS/c1-6-9(13)21-12(16-6)19-10(15)18-11(20)17-8-4-2-7(14)3-5-8/h2-5H,1H3,(H4,15,16,17,18,19,20). The molecule has 0 saturated carbocycles. The number of guanidine groups is 1. The van der Waals surface area contributed by atoms with Crippen molar-refractivity contribution in [2.24, 2.45) is 10.7 Å². The molecule has 1 aromatic carbocycles. The summed E-state index contributed by atoms with van der Waals surface area (Å²) in [5.41, 5.74) is 7.06. The Labute approximate surface area is 138 Å². The van der Waals surface area contributed by atoms with Gasteiger partial charge in [-0.15, -0.1) is 0 Å². The minimum atomic E-state index is -0.495. The van der Waals surface area contributed by atoms with Crippen molar-refractivity contribution in [3.8, 4) is 0 Å². The number of urea groups is 1. The molecule has 0 fully saturated rings. The van der Waals surface area contributed by atoms with Gasteiger partial charge in [0.05, 0.1) is 9.48 Å². The van der Waals surface area contributed by atoms with Crippen molar-refractivity contribution in [1.29, 1.82) is 0 Å². The zero-order valence-electron chi connectivity index (χ0n) is 10.9. The first-order valence-corrected chi connectivity index (χ1v) is 7.73. The summed E-state index contributed by atoms with van der Waals surface area (Å²) in [7, 11) is 0. The van der Waals surface area contributed by atoms with Crippen LogP contribution in [0.4, 0.5) is 15.6 Å². The van der Waals surface area contributed by atoms with E-state index >= 15 is 0 Å². The highest BCUT2D eigenvalue weighted by atomic mass is 79.9. The fourth-order valence-corrected chi connectivity index (χ4v) is 2.68. The largest absolute Gasteiger partial charge is 0.369 e. The highest BCUT2D eigenvalue weighted by Gasteiger charge is 2.07. The van der Waals surface area contributed by atoms with Crippen molar-refractivity contribution in [3.05, 3.63) is 38.8 Å². The van der Waals surface area contributed by atoms with Gasteiger partial charge < -0.3 is 11.1 Å². The van der Waals surface area contributed by atoms with Gasteiger partial charge in [0.15, 0.2) is 0 Å². The number of aromatic nitrogens is 1. The number of hydrogen-bond donors (Lipinski definition) is 3. The van der Waals surface area contributed by atoms with E-state index in [4.69, 9.17) is 17.3 Å². The SMILES string of the molecule is Cc1nc(N=C(N)NC(=O)Nc2ccc(Cl)cc2)sc1Br. The summed E-state index contributed by atoms with van der Waals surface area (Å²) < 4.78 is 0.875. The van der Waals surface area contributed by atoms with Gasteiger partial charge in [0.25, 0.3) is 0 Å². The summed E-state index contributed by atoms with van der Waals surface area (Å²) in [5.74, 6) is -0.0392. The molecule has 0 aliphatic carbocycles. The Morgan fingerprint density at radius 2 is 2.10 bits per heavy atom. The Morgan fingerprint density at radius 3 is 2.67 bits per heavy atom. The molecule has 0 bridgehead atoms. The lowest BCUT2D eigenvalue weighted by atomic mass is 10.3. The summed E-state index contributed by atoms with van der Waals surface area (Å²) in [4.78, 5) is 19.9. The number of nitrogens with two attached hydrogens (primary N) is 1. The van der Waals surface area contributed by atoms with Gasteiger partial charge in [0, 0.05) is 10.7 Å². The van der Waals surface area contributed by atoms with E-state index in [0.717, 1.165) is 9.48 Å². The Hall–Kier alpha value is -1.64. The quantitative estimate of drug-likeness (QED) is 0.542. The normalized spacial score (nSPS) is 11.3. The van der Waals surface area contributed by atoms with E-state index in [9.17, 15) is 4.79 Å². The van der Waals surface area contributed by atoms with E-state index in [0.29, 0.717) is 15.8 Å². The number of aryl methyl sites for hydroxylation is 1. The van der Waals surface area contributed by atoms with Crippen LogP contribution in [0.1, 0.15) is 5.69 Å². The monoisotopic (exact) mass is 387 g/mol. The van der Waals surface area contributed by atoms with Crippen LogP contribution in [0.15, 0.2) is 33.0 Å². The van der Waals surface area contributed by atoms with Gasteiger partial charge in [-0.25, -0.2) is 9.78 Å². The van der Waals surface area contributed by atoms with E-state index in [1.54, 1.807) is 24.3 Å². The van der Waals surface area contributed by atoms with Crippen LogP contribution in [0.25, 0.3) is 0 Å². The topological polar surface area (TPSA) is 92.4 Å². The summed E-state index contributed by atoms with van der Waals surface area (Å²) in [6.45, 7) is 1.84. The maximum absolute atomic E-state index is 11.7. The van der Waals surface area contributed by atoms with Gasteiger partial charge in [-0.2, -0.15) is 4.99 Å². The second-order valence-electron chi connectivity index (χ2n) is 3.94. The second kappa shape index (κ2) is 6.88. The average Bonchev–Trinajstić information content (AvgIpc) is 2.70. The van der Waals surface area contributed by atoms with Crippen molar-refractivity contribution >= 4 is 61.7 Å². The van der Waals surface area contributed by atoms with Gasteiger partial charge in [-0.1, -0.05) is 22.9 Å². The van der Waals surface area contributed by atoms with Gasteiger partial charge >= 0.3 is 6.03 Å². The fraction of sp³-hybridized carbons (Fsp3) is 0.0833. The van der Waals surface area contributed by atoms with Gasteiger partial charge in [-0.05, 0) is 47.1 Å². The highest BCUT2D eigenvalue weighted by molar-refractivity contribution is 9.11. The third-order valence-electron chi connectivity index (χ3n) is 2.29. The number of nitrogens with one attached hydrogen (secondary N) is 2. The number of thiazole rings is 1. The molecule has 0 radical (unpaired) electrons. The second-order valence-corrected chi connectivity index (χ2v) is 6.67. The molecule has 9 heteroatoms. The molecule has 6 nitrogen and oxygen atoms in total. The summed E-state index contributed by atoms with van der Waals surface area (Å²) >= 11 is 10.4. The molecule has 2 rings (SSSR count). The Bertz CT molecular complexity index is 666. The molecule has 0 unspecified atom stereocenters. The maximum Gasteiger partial charge on any atom is 0.325 e. The Balaban J connectivity index is 1.97. The van der Waals surface area contributed by atoms with E-state index in [1.807, 2.05) is 6.92 Å². The molecule has 0 aliphatic heterocycles. The number of rotatable bonds is 2. The van der Waals surface area contributed by atoms with E-state index in [-0.39, 0.29) is 5.96 Å². The summed E-state index contributed by atoms with van der Waals surface area (Å²) in [6.07, 6.45) is 0. The van der Waals surface area contributed by atoms with Crippen molar-refractivity contribution in [3.63, 3.8) is 0 Å². The van der Waals surface area contributed by atoms with Gasteiger partial charge in [0.2, 0.25) is 11.1 Å². The average molecular weight is 389 g/mol. The molecule has 1 heterocycles. The molecule has 1 aromatic heterocycles. The number of aliphatic imine (C=N–C) groups is 1. The van der Waals surface area contributed by atoms with Crippen LogP contribution in [-0.4, -0.2) is 17.0 Å². The van der Waals surface area contributed by atoms with Gasteiger partial charge in [-0.3, -0.25) is 5.32 Å². The zero-order chi connectivity index (χ0) is 15.4. The van der Waals surface area contributed by atoms with Crippen molar-refractivity contribution in [1.82, 2.24) is 10.3 Å². The molecule has 0 atom stereocenters. The third kappa shape index (κ3) is 4.69. The molecular weight excluding hydrogens is 378 g/mol. The minimum absolute atomic E-state index is 0.0392. The van der Waals surface area contributed by atoms with E-state index < -0.39 is 6.03 Å². The lowest BCUT2D eigenvalue weighted by molar-refractivity contribution is 0.256. The fourth-order valence-electron chi connectivity index (χ4n) is 1.35. The van der Waals surface area contributed by atoms with Crippen LogP contribution in [0.2, 0.25) is 5.02 Å². The maximum atomic E-state index is 11.7. The van der Waals surface area contributed by atoms with Crippen LogP contribution >= 0.6 is 38.9 Å². The van der Waals surface area contributed by atoms with Gasteiger partial charge in [0.1, 0.15) is 0 Å². The van der Waals surface area contributed by atoms with Crippen LogP contribution in [0, 0.1) is 6.92 Å². The van der Waals surface area contributed by atoms with E-state index in [2.05, 4.69) is 36.5 Å². The number of hydrogen-bond acceptors (Lipinski definition) is 4. The Morgan fingerprint density at radius 1 is 1.43 bits per heavy atom. The molecule has 0 spiro atoms. The third-order valence-corrected chi connectivity index (χ3v) is 4.44. The molecule has 110 valence electrons. The smallest absolute Gasteiger partial charge is 0.325 e. The molecule has 21 heavy (non-hydrogen) atoms. The van der Waals surface area contributed by atoms with Crippen molar-refractivity contribution in [2.75, 3.05) is 5.32 Å². The van der Waals surface area contributed by atoms with Crippen LogP contribution in [0.5, 0.6) is 0 Å². The minimum Gasteiger partial charge on any atom is -0.369 e. The molecule has 2 aromatic rings. The number of benzene rings is 1. The number of halogens is 2. The lowest BCUT2D eigenvalue weighted by Crippen LogP contribution is -2.39. The predicted molar refractivity (Wildman–Crippen MR) is 89.4 cm³/mol. The highest BCUT2D eigenvalue weighted by Crippen LogP contribution is 2.29.